The summed E-state index contributed by atoms with van der Waals surface area (Å²) in [7, 11) is 1.52. The van der Waals surface area contributed by atoms with Crippen LogP contribution in [0.4, 0.5) is 10.1 Å². The summed E-state index contributed by atoms with van der Waals surface area (Å²) in [4.78, 5) is 28.8. The van der Waals surface area contributed by atoms with Gasteiger partial charge < -0.3 is 13.9 Å². The molecule has 0 saturated carbocycles. The van der Waals surface area contributed by atoms with Crippen LogP contribution in [0.25, 0.3) is 11.0 Å². The van der Waals surface area contributed by atoms with E-state index in [-0.39, 0.29) is 27.7 Å². The van der Waals surface area contributed by atoms with E-state index in [0.717, 1.165) is 0 Å². The maximum Gasteiger partial charge on any atom is 0.295 e. The first-order chi connectivity index (χ1) is 17.3. The largest absolute Gasteiger partial charge is 0.493 e. The molecule has 0 bridgehead atoms. The van der Waals surface area contributed by atoms with Crippen LogP contribution in [0.1, 0.15) is 41.6 Å². The van der Waals surface area contributed by atoms with Gasteiger partial charge in [-0.3, -0.25) is 14.5 Å². The number of methoxy groups -OCH3 is 1. The van der Waals surface area contributed by atoms with E-state index in [2.05, 4.69) is 0 Å². The molecular formula is C28H23ClFNO5. The molecule has 36 heavy (non-hydrogen) atoms. The number of ether oxygens (including phenoxy) is 2. The lowest BCUT2D eigenvalue weighted by atomic mass is 9.97. The predicted octanol–water partition coefficient (Wildman–Crippen LogP) is 6.38. The van der Waals surface area contributed by atoms with Crippen LogP contribution in [0.5, 0.6) is 11.5 Å². The van der Waals surface area contributed by atoms with Gasteiger partial charge in [0, 0.05) is 10.7 Å². The van der Waals surface area contributed by atoms with E-state index in [1.54, 1.807) is 30.3 Å². The van der Waals surface area contributed by atoms with Gasteiger partial charge in [0.2, 0.25) is 5.76 Å². The SMILES string of the molecule is COc1cc(C2c3c(oc4ccc(Cl)cc4c3=O)C(=O)N2c2ccc(F)cc2)ccc1OCC(C)C. The molecule has 1 unspecified atom stereocenters. The predicted molar refractivity (Wildman–Crippen MR) is 136 cm³/mol. The van der Waals surface area contributed by atoms with Crippen LogP contribution in [0.3, 0.4) is 0 Å². The van der Waals surface area contributed by atoms with Gasteiger partial charge in [-0.1, -0.05) is 31.5 Å². The Morgan fingerprint density at radius 2 is 1.78 bits per heavy atom. The van der Waals surface area contributed by atoms with E-state index in [4.69, 9.17) is 25.5 Å². The first-order valence-electron chi connectivity index (χ1n) is 11.4. The van der Waals surface area contributed by atoms with Gasteiger partial charge in [-0.15, -0.1) is 0 Å². The van der Waals surface area contributed by atoms with Crippen molar-refractivity contribution in [1.82, 2.24) is 0 Å². The second-order valence-electron chi connectivity index (χ2n) is 8.98. The second-order valence-corrected chi connectivity index (χ2v) is 9.42. The zero-order chi connectivity index (χ0) is 25.6. The number of fused-ring (bicyclic) bond motifs is 2. The molecule has 2 heterocycles. The number of carbonyl (C=O) groups excluding carboxylic acids is 1. The highest BCUT2D eigenvalue weighted by Gasteiger charge is 2.44. The first-order valence-corrected chi connectivity index (χ1v) is 11.8. The molecule has 1 atom stereocenters. The maximum absolute atomic E-state index is 13.7. The Morgan fingerprint density at radius 1 is 1.03 bits per heavy atom. The van der Waals surface area contributed by atoms with Crippen LogP contribution in [-0.2, 0) is 0 Å². The zero-order valence-electron chi connectivity index (χ0n) is 19.9. The molecule has 0 aliphatic carbocycles. The number of anilines is 1. The van der Waals surface area contributed by atoms with Gasteiger partial charge in [-0.25, -0.2) is 4.39 Å². The smallest absolute Gasteiger partial charge is 0.295 e. The molecule has 4 aromatic rings. The molecule has 8 heteroatoms. The quantitative estimate of drug-likeness (QED) is 0.303. The zero-order valence-corrected chi connectivity index (χ0v) is 20.6. The Labute approximate surface area is 211 Å². The van der Waals surface area contributed by atoms with Crippen molar-refractivity contribution in [1.29, 1.82) is 0 Å². The average Bonchev–Trinajstić information content (AvgIpc) is 3.16. The lowest BCUT2D eigenvalue weighted by Gasteiger charge is -2.26. The first kappa shape index (κ1) is 23.9. The molecule has 6 nitrogen and oxygen atoms in total. The molecule has 0 radical (unpaired) electrons. The van der Waals surface area contributed by atoms with Crippen molar-refractivity contribution in [2.75, 3.05) is 18.6 Å². The van der Waals surface area contributed by atoms with Gasteiger partial charge in [0.25, 0.3) is 5.91 Å². The fourth-order valence-electron chi connectivity index (χ4n) is 4.36. The monoisotopic (exact) mass is 507 g/mol. The molecule has 0 spiro atoms. The summed E-state index contributed by atoms with van der Waals surface area (Å²) in [5.74, 6) is 0.305. The topological polar surface area (TPSA) is 69.0 Å². The summed E-state index contributed by atoms with van der Waals surface area (Å²) < 4.78 is 31.1. The normalized spacial score (nSPS) is 15.0. The van der Waals surface area contributed by atoms with Crippen molar-refractivity contribution < 1.29 is 23.1 Å². The van der Waals surface area contributed by atoms with E-state index in [9.17, 15) is 14.0 Å². The number of rotatable bonds is 6. The maximum atomic E-state index is 13.7. The van der Waals surface area contributed by atoms with Crippen molar-refractivity contribution in [2.45, 2.75) is 19.9 Å². The summed E-state index contributed by atoms with van der Waals surface area (Å²) in [6, 6.07) is 14.6. The molecule has 3 aromatic carbocycles. The molecule has 184 valence electrons. The van der Waals surface area contributed by atoms with E-state index < -0.39 is 17.8 Å². The number of amides is 1. The average molecular weight is 508 g/mol. The summed E-state index contributed by atoms with van der Waals surface area (Å²) in [5.41, 5.74) is 1.09. The van der Waals surface area contributed by atoms with Crippen molar-refractivity contribution >= 4 is 34.2 Å². The van der Waals surface area contributed by atoms with Crippen LogP contribution in [-0.4, -0.2) is 19.6 Å². The number of benzene rings is 3. The van der Waals surface area contributed by atoms with Crippen LogP contribution >= 0.6 is 11.6 Å². The Kier molecular flexibility index (Phi) is 6.18. The standard InChI is InChI=1S/C28H23ClFNO5/c1-15(2)14-35-22-10-4-16(12-23(22)34-3)25-24-26(32)20-13-17(29)5-11-21(20)36-27(24)28(33)31(25)19-8-6-18(30)7-9-19/h4-13,15,25H,14H2,1-3H3. The van der Waals surface area contributed by atoms with Crippen LogP contribution < -0.4 is 19.8 Å². The third kappa shape index (κ3) is 4.09. The Bertz CT molecular complexity index is 1530. The van der Waals surface area contributed by atoms with Crippen molar-refractivity contribution in [3.05, 3.63) is 98.6 Å². The number of carbonyl (C=O) groups is 1. The molecule has 1 aromatic heterocycles. The molecular weight excluding hydrogens is 485 g/mol. The molecule has 1 amide bonds. The molecule has 1 aliphatic heterocycles. The summed E-state index contributed by atoms with van der Waals surface area (Å²) >= 11 is 6.15. The van der Waals surface area contributed by atoms with Crippen LogP contribution in [0.15, 0.2) is 69.9 Å². The van der Waals surface area contributed by atoms with E-state index >= 15 is 0 Å². The van der Waals surface area contributed by atoms with Crippen LogP contribution in [0.2, 0.25) is 5.02 Å². The Hall–Kier alpha value is -3.84. The van der Waals surface area contributed by atoms with Gasteiger partial charge in [-0.05, 0) is 66.1 Å². The molecule has 0 fully saturated rings. The van der Waals surface area contributed by atoms with E-state index in [1.807, 2.05) is 13.8 Å². The lowest BCUT2D eigenvalue weighted by Crippen LogP contribution is -2.29. The third-order valence-electron chi connectivity index (χ3n) is 6.01. The highest BCUT2D eigenvalue weighted by atomic mass is 35.5. The summed E-state index contributed by atoms with van der Waals surface area (Å²) in [6.45, 7) is 4.58. The third-order valence-corrected chi connectivity index (χ3v) is 6.25. The van der Waals surface area contributed by atoms with Gasteiger partial charge >= 0.3 is 0 Å². The number of hydrogen-bond acceptors (Lipinski definition) is 5. The van der Waals surface area contributed by atoms with E-state index in [0.29, 0.717) is 40.3 Å². The molecule has 0 N–H and O–H groups in total. The van der Waals surface area contributed by atoms with Crippen molar-refractivity contribution in [2.24, 2.45) is 5.92 Å². The lowest BCUT2D eigenvalue weighted by molar-refractivity contribution is 0.0971. The molecule has 1 aliphatic rings. The van der Waals surface area contributed by atoms with Gasteiger partial charge in [-0.2, -0.15) is 0 Å². The number of nitrogens with zero attached hydrogens (tertiary/aromatic N) is 1. The minimum Gasteiger partial charge on any atom is -0.493 e. The van der Waals surface area contributed by atoms with Gasteiger partial charge in [0.15, 0.2) is 16.9 Å². The van der Waals surface area contributed by atoms with Gasteiger partial charge in [0.1, 0.15) is 11.4 Å². The second kappa shape index (κ2) is 9.32. The fourth-order valence-corrected chi connectivity index (χ4v) is 4.53. The fraction of sp³-hybridized carbons (Fsp3) is 0.214. The number of hydrogen-bond donors (Lipinski definition) is 0. The Balaban J connectivity index is 1.73. The Morgan fingerprint density at radius 3 is 2.47 bits per heavy atom. The van der Waals surface area contributed by atoms with Crippen LogP contribution in [0, 0.1) is 11.7 Å². The van der Waals surface area contributed by atoms with E-state index in [1.165, 1.54) is 42.3 Å². The van der Waals surface area contributed by atoms with Gasteiger partial charge in [0.05, 0.1) is 30.7 Å². The number of halogens is 2. The van der Waals surface area contributed by atoms with Crippen molar-refractivity contribution in [3.8, 4) is 11.5 Å². The highest BCUT2D eigenvalue weighted by Crippen LogP contribution is 2.43. The summed E-state index contributed by atoms with van der Waals surface area (Å²) in [5, 5.41) is 0.642. The molecule has 0 saturated heterocycles. The molecule has 5 rings (SSSR count). The highest BCUT2D eigenvalue weighted by molar-refractivity contribution is 6.31. The minimum absolute atomic E-state index is 0.0664. The summed E-state index contributed by atoms with van der Waals surface area (Å²) in [6.07, 6.45) is 0. The minimum atomic E-state index is -0.842. The van der Waals surface area contributed by atoms with Crippen molar-refractivity contribution in [3.63, 3.8) is 0 Å².